The molecule has 3 rings (SSSR count). The van der Waals surface area contributed by atoms with Crippen LogP contribution in [0.15, 0.2) is 29.3 Å². The molecule has 6 nitrogen and oxygen atoms in total. The molecule has 0 spiro atoms. The number of guanidine groups is 1. The summed E-state index contributed by atoms with van der Waals surface area (Å²) in [5.74, 6) is 1.77. The lowest BCUT2D eigenvalue weighted by Gasteiger charge is -2.30. The summed E-state index contributed by atoms with van der Waals surface area (Å²) < 4.78 is 12.2. The lowest BCUT2D eigenvalue weighted by molar-refractivity contribution is -0.117. The number of anilines is 1. The molecule has 30 heavy (non-hydrogen) atoms. The molecular weight excluding hydrogens is 511 g/mol. The smallest absolute Gasteiger partial charge is 0.227 e. The summed E-state index contributed by atoms with van der Waals surface area (Å²) >= 11 is 0. The third-order valence-electron chi connectivity index (χ3n) is 5.71. The predicted octanol–water partition coefficient (Wildman–Crippen LogP) is 3.57. The lowest BCUT2D eigenvalue weighted by atomic mass is 9.95. The van der Waals surface area contributed by atoms with E-state index in [1.54, 1.807) is 0 Å². The number of halogens is 1. The van der Waals surface area contributed by atoms with Crippen molar-refractivity contribution in [2.45, 2.75) is 70.2 Å². The first-order valence-corrected chi connectivity index (χ1v) is 12.3. The van der Waals surface area contributed by atoms with Gasteiger partial charge in [0.05, 0.1) is 6.54 Å². The van der Waals surface area contributed by atoms with Crippen molar-refractivity contribution in [3.05, 3.63) is 29.8 Å². The maximum Gasteiger partial charge on any atom is 0.227 e. The van der Waals surface area contributed by atoms with Crippen LogP contribution >= 0.6 is 24.0 Å². The molecule has 1 aromatic carbocycles. The minimum Gasteiger partial charge on any atom is -0.357 e. The van der Waals surface area contributed by atoms with E-state index < -0.39 is 10.8 Å². The van der Waals surface area contributed by atoms with Crippen LogP contribution in [-0.2, 0) is 22.1 Å². The zero-order chi connectivity index (χ0) is 20.6. The van der Waals surface area contributed by atoms with Gasteiger partial charge >= 0.3 is 0 Å². The highest BCUT2D eigenvalue weighted by Gasteiger charge is 2.26. The van der Waals surface area contributed by atoms with Crippen LogP contribution in [0.2, 0.25) is 0 Å². The Kier molecular flexibility index (Phi) is 10.6. The van der Waals surface area contributed by atoms with Crippen LogP contribution < -0.4 is 15.5 Å². The monoisotopic (exact) mass is 546 g/mol. The minimum atomic E-state index is -0.721. The number of aliphatic imine (C=N–C) groups is 1. The first-order chi connectivity index (χ1) is 14.1. The van der Waals surface area contributed by atoms with Gasteiger partial charge in [0.1, 0.15) is 0 Å². The molecule has 0 radical (unpaired) electrons. The molecule has 1 aromatic rings. The number of nitrogens with one attached hydrogen (secondary N) is 2. The molecule has 3 atom stereocenters. The van der Waals surface area contributed by atoms with Gasteiger partial charge in [0.25, 0.3) is 0 Å². The highest BCUT2D eigenvalue weighted by atomic mass is 127. The van der Waals surface area contributed by atoms with Gasteiger partial charge in [-0.05, 0) is 50.3 Å². The molecule has 1 aliphatic carbocycles. The van der Waals surface area contributed by atoms with Crippen LogP contribution in [0.1, 0.15) is 57.9 Å². The average Bonchev–Trinajstić information content (AvgIpc) is 3.18. The fourth-order valence-electron chi connectivity index (χ4n) is 4.14. The van der Waals surface area contributed by atoms with Crippen LogP contribution in [0, 0.1) is 0 Å². The summed E-state index contributed by atoms with van der Waals surface area (Å²) in [4.78, 5) is 18.5. The second-order valence-electron chi connectivity index (χ2n) is 7.81. The molecule has 0 bridgehead atoms. The van der Waals surface area contributed by atoms with Crippen molar-refractivity contribution in [1.82, 2.24) is 10.6 Å². The predicted molar refractivity (Wildman–Crippen MR) is 136 cm³/mol. The van der Waals surface area contributed by atoms with Crippen molar-refractivity contribution >= 4 is 52.3 Å². The Morgan fingerprint density at radius 1 is 1.20 bits per heavy atom. The topological polar surface area (TPSA) is 73.8 Å². The minimum absolute atomic E-state index is 0. The van der Waals surface area contributed by atoms with Gasteiger partial charge in [-0.25, -0.2) is 4.99 Å². The molecule has 168 valence electrons. The molecule has 8 heteroatoms. The molecule has 1 saturated heterocycles. The van der Waals surface area contributed by atoms with E-state index >= 15 is 0 Å². The van der Waals surface area contributed by atoms with Gasteiger partial charge in [-0.1, -0.05) is 25.5 Å². The number of rotatable bonds is 7. The summed E-state index contributed by atoms with van der Waals surface area (Å²) in [6, 6.07) is 8.45. The number of nitrogens with zero attached hydrogens (tertiary/aromatic N) is 2. The Hall–Kier alpha value is -1.16. The van der Waals surface area contributed by atoms with E-state index in [9.17, 15) is 9.00 Å². The molecular formula is C22H35IN4O2S. The molecule has 2 aliphatic rings. The maximum atomic E-state index is 12.2. The molecule has 2 fully saturated rings. The molecule has 0 aromatic heterocycles. The summed E-state index contributed by atoms with van der Waals surface area (Å²) in [6.45, 7) is 6.27. The highest BCUT2D eigenvalue weighted by molar-refractivity contribution is 14.0. The van der Waals surface area contributed by atoms with E-state index in [1.165, 1.54) is 0 Å². The number of benzene rings is 1. The molecule has 1 aliphatic heterocycles. The van der Waals surface area contributed by atoms with Crippen LogP contribution in [0.4, 0.5) is 5.69 Å². The summed E-state index contributed by atoms with van der Waals surface area (Å²) in [5.41, 5.74) is 2.09. The van der Waals surface area contributed by atoms with Crippen molar-refractivity contribution in [2.75, 3.05) is 23.7 Å². The fourth-order valence-corrected chi connectivity index (χ4v) is 5.48. The molecule has 1 heterocycles. The first kappa shape index (κ1) is 25.1. The Morgan fingerprint density at radius 2 is 1.97 bits per heavy atom. The zero-order valence-corrected chi connectivity index (χ0v) is 21.2. The Morgan fingerprint density at radius 3 is 2.60 bits per heavy atom. The van der Waals surface area contributed by atoms with E-state index in [1.807, 2.05) is 24.0 Å². The van der Waals surface area contributed by atoms with Gasteiger partial charge < -0.3 is 15.5 Å². The normalized spacial score (nSPS) is 23.1. The summed E-state index contributed by atoms with van der Waals surface area (Å²) in [5, 5.41) is 7.18. The Labute approximate surface area is 200 Å². The van der Waals surface area contributed by atoms with Crippen molar-refractivity contribution in [3.8, 4) is 0 Å². The van der Waals surface area contributed by atoms with Gasteiger partial charge in [0.15, 0.2) is 5.96 Å². The third kappa shape index (κ3) is 6.93. The van der Waals surface area contributed by atoms with E-state index in [4.69, 9.17) is 4.99 Å². The SMILES string of the molecule is CCNC(=NCc1ccc(N2CCCC2=O)cc1)NC1CCCC(S(=O)CC)C1.I. The Bertz CT molecular complexity index is 741. The number of carbonyl (C=O) groups excluding carboxylic acids is 1. The van der Waals surface area contributed by atoms with Crippen molar-refractivity contribution < 1.29 is 9.00 Å². The van der Waals surface area contributed by atoms with Crippen molar-refractivity contribution in [1.29, 1.82) is 0 Å². The van der Waals surface area contributed by atoms with E-state index in [0.717, 1.165) is 68.2 Å². The second-order valence-corrected chi connectivity index (χ2v) is 9.82. The van der Waals surface area contributed by atoms with Crippen LogP contribution in [0.5, 0.6) is 0 Å². The average molecular weight is 547 g/mol. The van der Waals surface area contributed by atoms with Gasteiger partial charge in [-0.3, -0.25) is 9.00 Å². The van der Waals surface area contributed by atoms with E-state index in [0.29, 0.717) is 24.3 Å². The van der Waals surface area contributed by atoms with Gasteiger partial charge in [-0.2, -0.15) is 0 Å². The number of amides is 1. The molecule has 2 N–H and O–H groups in total. The highest BCUT2D eigenvalue weighted by Crippen LogP contribution is 2.23. The van der Waals surface area contributed by atoms with Crippen LogP contribution in [-0.4, -0.2) is 46.2 Å². The standard InChI is InChI=1S/C22H34N4O2S.HI/c1-3-23-22(25-18-7-5-8-20(15-18)29(28)4-2)24-16-17-10-12-19(13-11-17)26-14-6-9-21(26)27;/h10-13,18,20H,3-9,14-16H2,1-2H3,(H2,23,24,25);1H. The molecule has 3 unspecified atom stereocenters. The molecule has 1 saturated carbocycles. The number of hydrogen-bond donors (Lipinski definition) is 2. The third-order valence-corrected chi connectivity index (χ3v) is 7.45. The largest absolute Gasteiger partial charge is 0.357 e. The zero-order valence-electron chi connectivity index (χ0n) is 18.1. The molecule has 1 amide bonds. The van der Waals surface area contributed by atoms with Crippen molar-refractivity contribution in [3.63, 3.8) is 0 Å². The number of hydrogen-bond acceptors (Lipinski definition) is 3. The van der Waals surface area contributed by atoms with Crippen LogP contribution in [0.25, 0.3) is 0 Å². The summed E-state index contributed by atoms with van der Waals surface area (Å²) in [7, 11) is -0.721. The van der Waals surface area contributed by atoms with E-state index in [-0.39, 0.29) is 29.9 Å². The maximum absolute atomic E-state index is 12.2. The Balaban J connectivity index is 0.00000320. The number of carbonyl (C=O) groups is 1. The summed E-state index contributed by atoms with van der Waals surface area (Å²) in [6.07, 6.45) is 5.82. The first-order valence-electron chi connectivity index (χ1n) is 10.9. The van der Waals surface area contributed by atoms with Crippen LogP contribution in [0.3, 0.4) is 0 Å². The quantitative estimate of drug-likeness (QED) is 0.312. The van der Waals surface area contributed by atoms with E-state index in [2.05, 4.69) is 29.7 Å². The fraction of sp³-hybridized carbons (Fsp3) is 0.636. The van der Waals surface area contributed by atoms with Gasteiger partial charge in [0.2, 0.25) is 5.91 Å². The van der Waals surface area contributed by atoms with Crippen molar-refractivity contribution in [2.24, 2.45) is 4.99 Å². The van der Waals surface area contributed by atoms with Gasteiger partial charge in [-0.15, -0.1) is 24.0 Å². The second kappa shape index (κ2) is 12.6. The van der Waals surface area contributed by atoms with Gasteiger partial charge in [0, 0.05) is 53.0 Å². The lowest BCUT2D eigenvalue weighted by Crippen LogP contribution is -2.46.